The number of carbonyl (C=O) groups excluding carboxylic acids is 2. The van der Waals surface area contributed by atoms with Gasteiger partial charge >= 0.3 is 0 Å². The molecule has 1 aromatic carbocycles. The first-order valence-electron chi connectivity index (χ1n) is 8.83. The van der Waals surface area contributed by atoms with E-state index in [1.165, 1.54) is 25.6 Å². The van der Waals surface area contributed by atoms with Crippen LogP contribution in [-0.4, -0.2) is 49.9 Å². The average molecular weight is 413 g/mol. The van der Waals surface area contributed by atoms with Crippen LogP contribution in [0.25, 0.3) is 11.4 Å². The second-order valence-corrected chi connectivity index (χ2v) is 6.43. The van der Waals surface area contributed by atoms with Gasteiger partial charge in [0.25, 0.3) is 17.4 Å². The van der Waals surface area contributed by atoms with Gasteiger partial charge in [-0.2, -0.15) is 0 Å². The van der Waals surface area contributed by atoms with Crippen molar-refractivity contribution in [1.82, 2.24) is 20.0 Å². The molecule has 156 valence electrons. The second-order valence-electron chi connectivity index (χ2n) is 6.43. The topological polar surface area (TPSA) is 160 Å². The maximum absolute atomic E-state index is 12.5. The van der Waals surface area contributed by atoms with E-state index in [-0.39, 0.29) is 30.2 Å². The van der Waals surface area contributed by atoms with Crippen LogP contribution in [0.2, 0.25) is 0 Å². The van der Waals surface area contributed by atoms with Gasteiger partial charge in [-0.05, 0) is 30.7 Å². The summed E-state index contributed by atoms with van der Waals surface area (Å²) in [7, 11) is 1.39. The predicted molar refractivity (Wildman–Crippen MR) is 105 cm³/mol. The van der Waals surface area contributed by atoms with Crippen molar-refractivity contribution in [3.8, 4) is 17.1 Å². The van der Waals surface area contributed by atoms with Crippen molar-refractivity contribution >= 4 is 17.5 Å². The van der Waals surface area contributed by atoms with Crippen LogP contribution < -0.4 is 16.2 Å². The van der Waals surface area contributed by atoms with Crippen molar-refractivity contribution in [2.45, 2.75) is 6.92 Å². The molecule has 11 heteroatoms. The number of aromatic hydroxyl groups is 1. The zero-order valence-electron chi connectivity index (χ0n) is 16.2. The number of anilines is 1. The van der Waals surface area contributed by atoms with E-state index in [4.69, 9.17) is 5.11 Å². The van der Waals surface area contributed by atoms with Crippen molar-refractivity contribution in [1.29, 1.82) is 0 Å². The summed E-state index contributed by atoms with van der Waals surface area (Å²) in [5.41, 5.74) is 0.297. The van der Waals surface area contributed by atoms with Gasteiger partial charge in [0.05, 0.1) is 12.8 Å². The Hall–Kier alpha value is -3.99. The molecule has 0 spiro atoms. The molecular formula is C19H19N5O6. The molecule has 0 aliphatic heterocycles. The number of nitrogens with zero attached hydrogens (tertiary/aromatic N) is 3. The van der Waals surface area contributed by atoms with E-state index < -0.39 is 28.8 Å². The Kier molecular flexibility index (Phi) is 5.93. The van der Waals surface area contributed by atoms with Gasteiger partial charge < -0.3 is 25.4 Å². The molecular weight excluding hydrogens is 394 g/mol. The molecule has 3 rings (SSSR count). The summed E-state index contributed by atoms with van der Waals surface area (Å²) in [6, 6.07) is 4.82. The molecule has 2 amide bonds. The van der Waals surface area contributed by atoms with Crippen LogP contribution in [0.4, 0.5) is 5.69 Å². The first-order valence-corrected chi connectivity index (χ1v) is 8.83. The molecule has 0 atom stereocenters. The SMILES string of the molecule is Cc1cc(C(=O)NCCO)cc(-c2nc(C(=O)Nc3cnoc3)c(O)c(=O)n2C)c1. The summed E-state index contributed by atoms with van der Waals surface area (Å²) < 4.78 is 5.71. The highest BCUT2D eigenvalue weighted by Gasteiger charge is 2.22. The van der Waals surface area contributed by atoms with Gasteiger partial charge in [-0.15, -0.1) is 0 Å². The Morgan fingerprint density at radius 3 is 2.67 bits per heavy atom. The van der Waals surface area contributed by atoms with Gasteiger partial charge in [-0.25, -0.2) is 4.98 Å². The van der Waals surface area contributed by atoms with E-state index in [0.29, 0.717) is 11.1 Å². The molecule has 0 aliphatic rings. The van der Waals surface area contributed by atoms with E-state index in [2.05, 4.69) is 25.3 Å². The number of aliphatic hydroxyl groups is 1. The summed E-state index contributed by atoms with van der Waals surface area (Å²) in [4.78, 5) is 41.4. The molecule has 4 N–H and O–H groups in total. The first-order chi connectivity index (χ1) is 14.3. The molecule has 0 bridgehead atoms. The molecule has 2 heterocycles. The van der Waals surface area contributed by atoms with Gasteiger partial charge in [0, 0.05) is 24.7 Å². The number of carbonyl (C=O) groups is 2. The first kappa shape index (κ1) is 20.7. The minimum Gasteiger partial charge on any atom is -0.501 e. The van der Waals surface area contributed by atoms with Crippen LogP contribution in [0.1, 0.15) is 26.4 Å². The summed E-state index contributed by atoms with van der Waals surface area (Å²) in [6.45, 7) is 1.64. The second kappa shape index (κ2) is 8.57. The highest BCUT2D eigenvalue weighted by atomic mass is 16.5. The number of benzene rings is 1. The van der Waals surface area contributed by atoms with Crippen molar-refractivity contribution in [3.05, 3.63) is 57.8 Å². The molecule has 0 unspecified atom stereocenters. The van der Waals surface area contributed by atoms with Crippen LogP contribution in [0.5, 0.6) is 5.75 Å². The Labute approximate surface area is 170 Å². The van der Waals surface area contributed by atoms with Crippen molar-refractivity contribution in [2.24, 2.45) is 7.05 Å². The molecule has 2 aromatic heterocycles. The molecule has 11 nitrogen and oxygen atoms in total. The summed E-state index contributed by atoms with van der Waals surface area (Å²) in [5, 5.41) is 27.5. The van der Waals surface area contributed by atoms with Crippen molar-refractivity contribution in [2.75, 3.05) is 18.5 Å². The van der Waals surface area contributed by atoms with Crippen LogP contribution >= 0.6 is 0 Å². The number of hydrogen-bond acceptors (Lipinski definition) is 8. The monoisotopic (exact) mass is 413 g/mol. The number of amides is 2. The standard InChI is InChI=1S/C19H19N5O6/c1-10-5-11(7-12(6-10)17(27)20-3-4-25)16-23-14(15(26)19(29)24(16)2)18(28)22-13-8-21-30-9-13/h5-9,25-26H,3-4H2,1-2H3,(H,20,27)(H,22,28). The summed E-state index contributed by atoms with van der Waals surface area (Å²) >= 11 is 0. The van der Waals surface area contributed by atoms with E-state index in [0.717, 1.165) is 4.57 Å². The number of aliphatic hydroxyl groups excluding tert-OH is 1. The lowest BCUT2D eigenvalue weighted by Gasteiger charge is -2.13. The Bertz CT molecular complexity index is 1150. The fourth-order valence-electron chi connectivity index (χ4n) is 2.78. The lowest BCUT2D eigenvalue weighted by molar-refractivity contribution is 0.0943. The number of hydrogen-bond donors (Lipinski definition) is 4. The van der Waals surface area contributed by atoms with E-state index in [1.54, 1.807) is 19.1 Å². The third-order valence-electron chi connectivity index (χ3n) is 4.17. The lowest BCUT2D eigenvalue weighted by Crippen LogP contribution is -2.27. The van der Waals surface area contributed by atoms with Crippen LogP contribution in [0, 0.1) is 6.92 Å². The molecule has 30 heavy (non-hydrogen) atoms. The molecule has 0 aliphatic carbocycles. The lowest BCUT2D eigenvalue weighted by atomic mass is 10.0. The van der Waals surface area contributed by atoms with Crippen molar-refractivity contribution in [3.63, 3.8) is 0 Å². The van der Waals surface area contributed by atoms with Gasteiger partial charge in [-0.1, -0.05) is 5.16 Å². The number of rotatable bonds is 6. The van der Waals surface area contributed by atoms with E-state index in [1.807, 2.05) is 0 Å². The highest BCUT2D eigenvalue weighted by Crippen LogP contribution is 2.23. The maximum Gasteiger partial charge on any atom is 0.296 e. The van der Waals surface area contributed by atoms with Gasteiger partial charge in [0.15, 0.2) is 5.69 Å². The van der Waals surface area contributed by atoms with E-state index >= 15 is 0 Å². The third-order valence-corrected chi connectivity index (χ3v) is 4.17. The smallest absolute Gasteiger partial charge is 0.296 e. The average Bonchev–Trinajstić information content (AvgIpc) is 3.22. The number of aromatic nitrogens is 3. The van der Waals surface area contributed by atoms with Gasteiger partial charge in [0.1, 0.15) is 17.8 Å². The quantitative estimate of drug-likeness (QED) is 0.452. The number of nitrogens with one attached hydrogen (secondary N) is 2. The Morgan fingerprint density at radius 1 is 1.23 bits per heavy atom. The van der Waals surface area contributed by atoms with Crippen LogP contribution in [0.15, 0.2) is 40.0 Å². The minimum absolute atomic E-state index is 0.0770. The van der Waals surface area contributed by atoms with Crippen LogP contribution in [0.3, 0.4) is 0 Å². The van der Waals surface area contributed by atoms with Gasteiger partial charge in [0.2, 0.25) is 5.75 Å². The van der Waals surface area contributed by atoms with Crippen molar-refractivity contribution < 1.29 is 24.3 Å². The van der Waals surface area contributed by atoms with E-state index in [9.17, 15) is 19.5 Å². The zero-order valence-corrected chi connectivity index (χ0v) is 16.2. The Balaban J connectivity index is 2.07. The predicted octanol–water partition coefficient (Wildman–Crippen LogP) is 0.424. The molecule has 0 fully saturated rings. The molecule has 3 aromatic rings. The molecule has 0 saturated heterocycles. The maximum atomic E-state index is 12.5. The highest BCUT2D eigenvalue weighted by molar-refractivity contribution is 6.04. The molecule has 0 saturated carbocycles. The fraction of sp³-hybridized carbons (Fsp3) is 0.211. The normalized spacial score (nSPS) is 10.6. The van der Waals surface area contributed by atoms with Gasteiger partial charge in [-0.3, -0.25) is 19.0 Å². The zero-order chi connectivity index (χ0) is 21.8. The van der Waals surface area contributed by atoms with Crippen LogP contribution in [-0.2, 0) is 7.05 Å². The summed E-state index contributed by atoms with van der Waals surface area (Å²) in [5.74, 6) is -1.98. The summed E-state index contributed by atoms with van der Waals surface area (Å²) in [6.07, 6.45) is 2.42. The Morgan fingerprint density at radius 2 is 2.00 bits per heavy atom. The fourth-order valence-corrected chi connectivity index (χ4v) is 2.78. The minimum atomic E-state index is -0.830. The number of aryl methyl sites for hydroxylation is 1. The largest absolute Gasteiger partial charge is 0.501 e. The third kappa shape index (κ3) is 4.20. The molecule has 0 radical (unpaired) electrons.